The lowest BCUT2D eigenvalue weighted by molar-refractivity contribution is -0.131. The largest absolute Gasteiger partial charge is 0.333 e. The maximum absolute atomic E-state index is 13.1. The molecule has 132 valence electrons. The van der Waals surface area contributed by atoms with Gasteiger partial charge in [-0.1, -0.05) is 18.2 Å². The van der Waals surface area contributed by atoms with E-state index >= 15 is 0 Å². The van der Waals surface area contributed by atoms with Gasteiger partial charge in [0.15, 0.2) is 0 Å². The summed E-state index contributed by atoms with van der Waals surface area (Å²) in [6.45, 7) is 3.65. The molecule has 1 N–H and O–H groups in total. The molecule has 4 nitrogen and oxygen atoms in total. The summed E-state index contributed by atoms with van der Waals surface area (Å²) < 4.78 is 13.1. The van der Waals surface area contributed by atoms with E-state index in [2.05, 4.69) is 10.3 Å². The molecule has 0 bridgehead atoms. The summed E-state index contributed by atoms with van der Waals surface area (Å²) in [4.78, 5) is 18.4. The third-order valence-corrected chi connectivity index (χ3v) is 4.85. The predicted octanol–water partition coefficient (Wildman–Crippen LogP) is 3.45. The summed E-state index contributed by atoms with van der Waals surface area (Å²) in [5, 5.41) is 3.42. The monoisotopic (exact) mass is 341 g/mol. The molecule has 1 aliphatic heterocycles. The Bertz CT molecular complexity index is 690. The number of pyridine rings is 1. The molecule has 2 aromatic rings. The number of benzene rings is 1. The van der Waals surface area contributed by atoms with Crippen molar-refractivity contribution < 1.29 is 9.18 Å². The van der Waals surface area contributed by atoms with Gasteiger partial charge in [0.25, 0.3) is 0 Å². The van der Waals surface area contributed by atoms with E-state index in [-0.39, 0.29) is 23.8 Å². The number of amides is 1. The van der Waals surface area contributed by atoms with Crippen molar-refractivity contribution >= 4 is 5.91 Å². The molecule has 0 saturated carbocycles. The Hall–Kier alpha value is -2.27. The van der Waals surface area contributed by atoms with Crippen molar-refractivity contribution in [2.75, 3.05) is 6.54 Å². The number of carbonyl (C=O) groups excluding carboxylic acids is 1. The molecular weight excluding hydrogens is 317 g/mol. The Morgan fingerprint density at radius 3 is 2.84 bits per heavy atom. The van der Waals surface area contributed by atoms with Crippen molar-refractivity contribution in [2.24, 2.45) is 0 Å². The van der Waals surface area contributed by atoms with Gasteiger partial charge in [0.2, 0.25) is 5.91 Å². The number of nitrogens with one attached hydrogen (secondary N) is 1. The lowest BCUT2D eigenvalue weighted by Crippen LogP contribution is -2.37. The van der Waals surface area contributed by atoms with Crippen LogP contribution in [-0.4, -0.2) is 28.4 Å². The normalized spacial score (nSPS) is 18.6. The summed E-state index contributed by atoms with van der Waals surface area (Å²) in [5.41, 5.74) is 2.13. The molecule has 1 aromatic heterocycles. The van der Waals surface area contributed by atoms with Crippen molar-refractivity contribution in [3.8, 4) is 0 Å². The molecule has 2 heterocycles. The predicted molar refractivity (Wildman–Crippen MR) is 95.2 cm³/mol. The minimum absolute atomic E-state index is 0.0288. The van der Waals surface area contributed by atoms with Crippen molar-refractivity contribution in [2.45, 2.75) is 44.8 Å². The number of hydrogen-bond donors (Lipinski definition) is 1. The van der Waals surface area contributed by atoms with Gasteiger partial charge in [-0.2, -0.15) is 0 Å². The Morgan fingerprint density at radius 2 is 2.12 bits per heavy atom. The molecule has 25 heavy (non-hydrogen) atoms. The minimum atomic E-state index is -0.250. The van der Waals surface area contributed by atoms with Gasteiger partial charge in [-0.3, -0.25) is 9.78 Å². The Balaban J connectivity index is 1.55. The van der Waals surface area contributed by atoms with Crippen LogP contribution in [0, 0.1) is 5.82 Å². The number of nitrogens with zero attached hydrogens (tertiary/aromatic N) is 2. The van der Waals surface area contributed by atoms with E-state index in [0.717, 1.165) is 37.1 Å². The first-order chi connectivity index (χ1) is 12.1. The highest BCUT2D eigenvalue weighted by atomic mass is 19.1. The van der Waals surface area contributed by atoms with Gasteiger partial charge < -0.3 is 10.2 Å². The maximum Gasteiger partial charge on any atom is 0.223 e. The third-order valence-electron chi connectivity index (χ3n) is 4.85. The smallest absolute Gasteiger partial charge is 0.223 e. The van der Waals surface area contributed by atoms with E-state index in [9.17, 15) is 9.18 Å². The molecule has 3 rings (SSSR count). The van der Waals surface area contributed by atoms with Gasteiger partial charge >= 0.3 is 0 Å². The fraction of sp³-hybridized carbons (Fsp3) is 0.400. The van der Waals surface area contributed by atoms with Crippen LogP contribution in [0.3, 0.4) is 0 Å². The Kier molecular flexibility index (Phi) is 5.76. The fourth-order valence-electron chi connectivity index (χ4n) is 3.48. The highest BCUT2D eigenvalue weighted by Gasteiger charge is 2.34. The van der Waals surface area contributed by atoms with E-state index in [1.165, 1.54) is 12.1 Å². The minimum Gasteiger partial charge on any atom is -0.333 e. The van der Waals surface area contributed by atoms with Crippen LogP contribution in [0.2, 0.25) is 0 Å². The van der Waals surface area contributed by atoms with Gasteiger partial charge in [0, 0.05) is 31.4 Å². The summed E-state index contributed by atoms with van der Waals surface area (Å²) >= 11 is 0. The number of likely N-dealkylation sites (tertiary alicyclic amines) is 1. The molecule has 1 aromatic carbocycles. The molecule has 2 atom stereocenters. The number of aromatic nitrogens is 1. The van der Waals surface area contributed by atoms with Crippen LogP contribution >= 0.6 is 0 Å². The van der Waals surface area contributed by atoms with Crippen molar-refractivity contribution in [1.82, 2.24) is 15.2 Å². The maximum atomic E-state index is 13.1. The molecule has 1 saturated heterocycles. The second kappa shape index (κ2) is 8.21. The summed E-state index contributed by atoms with van der Waals surface area (Å²) in [6, 6.07) is 10.6. The van der Waals surface area contributed by atoms with Crippen molar-refractivity contribution in [3.63, 3.8) is 0 Å². The van der Waals surface area contributed by atoms with Crippen molar-refractivity contribution in [3.05, 3.63) is 65.7 Å². The van der Waals surface area contributed by atoms with E-state index in [1.54, 1.807) is 18.3 Å². The molecule has 0 unspecified atom stereocenters. The molecular formula is C20H24FN3O. The van der Waals surface area contributed by atoms with E-state index < -0.39 is 0 Å². The highest BCUT2D eigenvalue weighted by molar-refractivity contribution is 5.79. The van der Waals surface area contributed by atoms with Crippen molar-refractivity contribution in [1.29, 1.82) is 0 Å². The molecule has 1 aliphatic rings. The van der Waals surface area contributed by atoms with Gasteiger partial charge in [-0.25, -0.2) is 4.39 Å². The first-order valence-electron chi connectivity index (χ1n) is 8.81. The standard InChI is InChI=1S/C20H24FN3O/c1-15(17-4-6-18(21)7-5-17)24-19(8-9-20(24)25)10-12-23-14-16-3-2-11-22-13-16/h2-7,11,13,15,19,23H,8-10,12,14H2,1H3/t15-,19-/m1/s1. The highest BCUT2D eigenvalue weighted by Crippen LogP contribution is 2.31. The number of carbonyl (C=O) groups is 1. The zero-order valence-electron chi connectivity index (χ0n) is 14.5. The summed E-state index contributed by atoms with van der Waals surface area (Å²) in [5.74, 6) is -0.0612. The molecule has 0 spiro atoms. The molecule has 1 amide bonds. The lowest BCUT2D eigenvalue weighted by Gasteiger charge is -2.31. The number of hydrogen-bond acceptors (Lipinski definition) is 3. The van der Waals surface area contributed by atoms with Crippen LogP contribution in [0.15, 0.2) is 48.8 Å². The third kappa shape index (κ3) is 4.42. The van der Waals surface area contributed by atoms with Crippen LogP contribution < -0.4 is 5.32 Å². The average molecular weight is 341 g/mol. The Morgan fingerprint density at radius 1 is 1.32 bits per heavy atom. The van der Waals surface area contributed by atoms with Gasteiger partial charge in [-0.15, -0.1) is 0 Å². The van der Waals surface area contributed by atoms with Crippen LogP contribution in [0.25, 0.3) is 0 Å². The zero-order chi connectivity index (χ0) is 17.6. The van der Waals surface area contributed by atoms with Crippen LogP contribution in [0.5, 0.6) is 0 Å². The van der Waals surface area contributed by atoms with Gasteiger partial charge in [0.1, 0.15) is 5.82 Å². The Labute approximate surface area is 148 Å². The average Bonchev–Trinajstić information content (AvgIpc) is 3.00. The van der Waals surface area contributed by atoms with Gasteiger partial charge in [-0.05, 0) is 55.6 Å². The topological polar surface area (TPSA) is 45.2 Å². The second-order valence-electron chi connectivity index (χ2n) is 6.55. The SMILES string of the molecule is C[C@H](c1ccc(F)cc1)N1C(=O)CC[C@@H]1CCNCc1cccnc1. The first kappa shape index (κ1) is 17.5. The lowest BCUT2D eigenvalue weighted by atomic mass is 10.0. The second-order valence-corrected chi connectivity index (χ2v) is 6.55. The van der Waals surface area contributed by atoms with Crippen LogP contribution in [-0.2, 0) is 11.3 Å². The zero-order valence-corrected chi connectivity index (χ0v) is 14.5. The van der Waals surface area contributed by atoms with E-state index in [0.29, 0.717) is 6.42 Å². The number of rotatable bonds is 7. The van der Waals surface area contributed by atoms with E-state index in [4.69, 9.17) is 0 Å². The first-order valence-corrected chi connectivity index (χ1v) is 8.81. The molecule has 0 radical (unpaired) electrons. The summed E-state index contributed by atoms with van der Waals surface area (Å²) in [7, 11) is 0. The number of halogens is 1. The van der Waals surface area contributed by atoms with Crippen LogP contribution in [0.1, 0.15) is 43.4 Å². The quantitative estimate of drug-likeness (QED) is 0.785. The molecule has 1 fully saturated rings. The summed E-state index contributed by atoms with van der Waals surface area (Å²) in [6.07, 6.45) is 6.02. The fourth-order valence-corrected chi connectivity index (χ4v) is 3.48. The van der Waals surface area contributed by atoms with Gasteiger partial charge in [0.05, 0.1) is 6.04 Å². The molecule has 5 heteroatoms. The van der Waals surface area contributed by atoms with Crippen LogP contribution in [0.4, 0.5) is 4.39 Å². The molecule has 0 aliphatic carbocycles. The van der Waals surface area contributed by atoms with E-state index in [1.807, 2.05) is 30.2 Å².